The average molecular weight is 363 g/mol. The van der Waals surface area contributed by atoms with E-state index in [-0.39, 0.29) is 22.9 Å². The fraction of sp³-hybridized carbons (Fsp3) is 0.500. The summed E-state index contributed by atoms with van der Waals surface area (Å²) >= 11 is 1.49. The quantitative estimate of drug-likeness (QED) is 0.885. The number of ketones is 1. The molecule has 0 amide bonds. The summed E-state index contributed by atoms with van der Waals surface area (Å²) in [7, 11) is 4.12. The monoisotopic (exact) mass is 363 g/mol. The Morgan fingerprint density at radius 1 is 1.24 bits per heavy atom. The third-order valence-electron chi connectivity index (χ3n) is 4.74. The van der Waals surface area contributed by atoms with Gasteiger partial charge in [0.25, 0.3) is 0 Å². The minimum Gasteiger partial charge on any atom is -0.331 e. The molecule has 1 saturated carbocycles. The molecule has 0 unspecified atom stereocenters. The summed E-state index contributed by atoms with van der Waals surface area (Å²) < 4.78 is 15.3. The number of hydrogen-bond donors (Lipinski definition) is 1. The molecule has 3 rings (SSSR count). The first kappa shape index (κ1) is 18.1. The van der Waals surface area contributed by atoms with E-state index in [2.05, 4.69) is 31.2 Å². The molecule has 0 spiro atoms. The van der Waals surface area contributed by atoms with Gasteiger partial charge in [-0.05, 0) is 44.0 Å². The number of carbonyl (C=O) groups excluding carboxylic acids is 1. The van der Waals surface area contributed by atoms with Crippen molar-refractivity contribution in [3.8, 4) is 5.69 Å². The highest BCUT2D eigenvalue weighted by atomic mass is 32.2. The Balaban J connectivity index is 2.00. The van der Waals surface area contributed by atoms with Gasteiger partial charge in [-0.25, -0.2) is 4.39 Å². The number of quaternary nitrogens is 1. The molecule has 2 aromatic rings. The van der Waals surface area contributed by atoms with Crippen molar-refractivity contribution in [3.05, 3.63) is 35.9 Å². The van der Waals surface area contributed by atoms with E-state index in [1.807, 2.05) is 4.57 Å². The Bertz CT molecular complexity index is 744. The third kappa shape index (κ3) is 3.93. The number of halogens is 1. The zero-order valence-electron chi connectivity index (χ0n) is 14.8. The SMILES string of the molecule is C[C@H](c1nnc(S[C@@H]2CCCCC2=O)n1-c1ccc(F)cc1)[NH+](C)C. The third-order valence-corrected chi connectivity index (χ3v) is 6.00. The number of benzene rings is 1. The van der Waals surface area contributed by atoms with Crippen molar-refractivity contribution in [1.82, 2.24) is 14.8 Å². The molecule has 1 fully saturated rings. The lowest BCUT2D eigenvalue weighted by molar-refractivity contribution is -0.890. The summed E-state index contributed by atoms with van der Waals surface area (Å²) in [5.74, 6) is 0.830. The molecule has 7 heteroatoms. The second-order valence-electron chi connectivity index (χ2n) is 6.77. The van der Waals surface area contributed by atoms with Crippen LogP contribution in [0, 0.1) is 5.82 Å². The van der Waals surface area contributed by atoms with Crippen LogP contribution in [0.1, 0.15) is 44.5 Å². The van der Waals surface area contributed by atoms with Gasteiger partial charge in [-0.1, -0.05) is 18.2 Å². The molecule has 0 radical (unpaired) electrons. The number of thioether (sulfide) groups is 1. The largest absolute Gasteiger partial charge is 0.331 e. The first-order chi connectivity index (χ1) is 12.0. The maximum absolute atomic E-state index is 13.3. The van der Waals surface area contributed by atoms with E-state index in [4.69, 9.17) is 0 Å². The van der Waals surface area contributed by atoms with Crippen LogP contribution in [-0.4, -0.2) is 39.9 Å². The summed E-state index contributed by atoms with van der Waals surface area (Å²) in [5.41, 5.74) is 0.820. The summed E-state index contributed by atoms with van der Waals surface area (Å²) in [6, 6.07) is 6.45. The molecule has 0 saturated heterocycles. The number of aromatic nitrogens is 3. The van der Waals surface area contributed by atoms with E-state index in [0.717, 1.165) is 30.8 Å². The molecular weight excluding hydrogens is 339 g/mol. The number of nitrogens with zero attached hydrogens (tertiary/aromatic N) is 3. The van der Waals surface area contributed by atoms with Gasteiger partial charge >= 0.3 is 0 Å². The van der Waals surface area contributed by atoms with Crippen molar-refractivity contribution in [1.29, 1.82) is 0 Å². The Morgan fingerprint density at radius 3 is 2.60 bits per heavy atom. The Hall–Kier alpha value is -1.73. The van der Waals surface area contributed by atoms with Crippen molar-refractivity contribution >= 4 is 17.5 Å². The maximum Gasteiger partial charge on any atom is 0.196 e. The summed E-state index contributed by atoms with van der Waals surface area (Å²) in [4.78, 5) is 13.4. The lowest BCUT2D eigenvalue weighted by Gasteiger charge is -2.21. The molecule has 1 heterocycles. The number of Topliss-reactive ketones (excluding diaryl/α,β-unsaturated/α-hetero) is 1. The van der Waals surface area contributed by atoms with E-state index in [9.17, 15) is 9.18 Å². The van der Waals surface area contributed by atoms with Crippen LogP contribution in [-0.2, 0) is 4.79 Å². The van der Waals surface area contributed by atoms with Gasteiger partial charge in [-0.15, -0.1) is 10.2 Å². The Kier molecular flexibility index (Phi) is 5.54. The van der Waals surface area contributed by atoms with Gasteiger partial charge in [0.1, 0.15) is 17.6 Å². The van der Waals surface area contributed by atoms with Gasteiger partial charge in [0, 0.05) is 12.1 Å². The molecule has 25 heavy (non-hydrogen) atoms. The van der Waals surface area contributed by atoms with Crippen molar-refractivity contribution in [3.63, 3.8) is 0 Å². The predicted molar refractivity (Wildman–Crippen MR) is 95.7 cm³/mol. The predicted octanol–water partition coefficient (Wildman–Crippen LogP) is 2.22. The van der Waals surface area contributed by atoms with Crippen LogP contribution in [0.15, 0.2) is 29.4 Å². The molecule has 0 aliphatic heterocycles. The number of hydrogen-bond acceptors (Lipinski definition) is 4. The molecule has 1 aliphatic rings. The number of nitrogens with one attached hydrogen (secondary N) is 1. The van der Waals surface area contributed by atoms with E-state index < -0.39 is 0 Å². The lowest BCUT2D eigenvalue weighted by atomic mass is 9.99. The van der Waals surface area contributed by atoms with Gasteiger partial charge < -0.3 is 4.90 Å². The highest BCUT2D eigenvalue weighted by Crippen LogP contribution is 2.33. The summed E-state index contributed by atoms with van der Waals surface area (Å²) in [5, 5.41) is 9.40. The summed E-state index contributed by atoms with van der Waals surface area (Å²) in [6.07, 6.45) is 3.57. The standard InChI is InChI=1S/C18H23FN4OS/c1-12(22(2)3)17-20-21-18(25-16-7-5-4-6-15(16)24)23(17)14-10-8-13(19)9-11-14/h8-12,16H,4-7H2,1-3H3/p+1/t12-,16-/m1/s1. The maximum atomic E-state index is 13.3. The Morgan fingerprint density at radius 2 is 1.96 bits per heavy atom. The smallest absolute Gasteiger partial charge is 0.196 e. The molecule has 5 nitrogen and oxygen atoms in total. The number of rotatable bonds is 5. The molecule has 0 bridgehead atoms. The Labute approximate surface area is 151 Å². The van der Waals surface area contributed by atoms with E-state index >= 15 is 0 Å². The van der Waals surface area contributed by atoms with Gasteiger partial charge in [0.05, 0.1) is 19.3 Å². The topological polar surface area (TPSA) is 52.2 Å². The van der Waals surface area contributed by atoms with Crippen molar-refractivity contribution in [2.75, 3.05) is 14.1 Å². The normalized spacial score (nSPS) is 19.4. The fourth-order valence-corrected chi connectivity index (χ4v) is 4.11. The molecule has 1 aliphatic carbocycles. The summed E-state index contributed by atoms with van der Waals surface area (Å²) in [6.45, 7) is 2.08. The fourth-order valence-electron chi connectivity index (χ4n) is 2.93. The second-order valence-corrected chi connectivity index (χ2v) is 7.94. The van der Waals surface area contributed by atoms with E-state index in [1.54, 1.807) is 12.1 Å². The molecule has 1 aromatic heterocycles. The van der Waals surface area contributed by atoms with E-state index in [1.165, 1.54) is 28.8 Å². The van der Waals surface area contributed by atoms with E-state index in [0.29, 0.717) is 11.6 Å². The van der Waals surface area contributed by atoms with Crippen molar-refractivity contribution < 1.29 is 14.1 Å². The zero-order chi connectivity index (χ0) is 18.0. The van der Waals surface area contributed by atoms with Crippen LogP contribution in [0.4, 0.5) is 4.39 Å². The van der Waals surface area contributed by atoms with Crippen LogP contribution in [0.5, 0.6) is 0 Å². The average Bonchev–Trinajstić information content (AvgIpc) is 3.00. The molecule has 134 valence electrons. The minimum atomic E-state index is -0.277. The molecule has 1 N–H and O–H groups in total. The van der Waals surface area contributed by atoms with Crippen molar-refractivity contribution in [2.45, 2.75) is 49.1 Å². The first-order valence-electron chi connectivity index (χ1n) is 8.68. The van der Waals surface area contributed by atoms with Crippen LogP contribution in [0.3, 0.4) is 0 Å². The minimum absolute atomic E-state index is 0.0630. The zero-order valence-corrected chi connectivity index (χ0v) is 15.6. The highest BCUT2D eigenvalue weighted by molar-refractivity contribution is 8.00. The first-order valence-corrected chi connectivity index (χ1v) is 9.56. The van der Waals surface area contributed by atoms with Crippen LogP contribution >= 0.6 is 11.8 Å². The lowest BCUT2D eigenvalue weighted by Crippen LogP contribution is -3.05. The second kappa shape index (κ2) is 7.66. The van der Waals surface area contributed by atoms with Gasteiger partial charge in [0.15, 0.2) is 11.0 Å². The van der Waals surface area contributed by atoms with Gasteiger partial charge in [-0.3, -0.25) is 9.36 Å². The van der Waals surface area contributed by atoms with Gasteiger partial charge in [0.2, 0.25) is 0 Å². The molecular formula is C18H24FN4OS+. The highest BCUT2D eigenvalue weighted by Gasteiger charge is 2.28. The van der Waals surface area contributed by atoms with Gasteiger partial charge in [-0.2, -0.15) is 0 Å². The van der Waals surface area contributed by atoms with Crippen molar-refractivity contribution in [2.24, 2.45) is 0 Å². The van der Waals surface area contributed by atoms with Crippen LogP contribution in [0.2, 0.25) is 0 Å². The molecule has 1 aromatic carbocycles. The van der Waals surface area contributed by atoms with Crippen LogP contribution in [0.25, 0.3) is 5.69 Å². The van der Waals surface area contributed by atoms with Crippen LogP contribution < -0.4 is 4.90 Å². The number of carbonyl (C=O) groups is 1. The molecule has 2 atom stereocenters.